The molecule has 0 aromatic rings. The molecule has 3 heteroatoms. The average Bonchev–Trinajstić information content (AvgIpc) is 2.66. The lowest BCUT2D eigenvalue weighted by Gasteiger charge is -2.58. The first-order valence-electron chi connectivity index (χ1n) is 6.81. The minimum Gasteiger partial charge on any atom is -0.319 e. The molecule has 94 valence electrons. The normalized spacial score (nSPS) is 41.9. The molecule has 16 heavy (non-hydrogen) atoms. The average molecular weight is 244 g/mol. The number of likely N-dealkylation sites (tertiary alicyclic amines) is 1. The second-order valence-corrected chi connectivity index (χ2v) is 7.44. The maximum atomic E-state index is 12.0. The van der Waals surface area contributed by atoms with Gasteiger partial charge in [-0.15, -0.1) is 0 Å². The number of rotatable bonds is 4. The molecule has 2 aliphatic heterocycles. The SMILES string of the molecule is CCC[C@]1([N+]2(C)CCCC2)C[S@@](=O)[C@@H]1CC. The summed E-state index contributed by atoms with van der Waals surface area (Å²) >= 11 is 0. The maximum absolute atomic E-state index is 12.0. The highest BCUT2D eigenvalue weighted by molar-refractivity contribution is 7.87. The zero-order valence-corrected chi connectivity index (χ0v) is 11.8. The van der Waals surface area contributed by atoms with Gasteiger partial charge in [-0.2, -0.15) is 0 Å². The fourth-order valence-electron chi connectivity index (χ4n) is 4.07. The molecule has 2 heterocycles. The van der Waals surface area contributed by atoms with Gasteiger partial charge in [-0.1, -0.05) is 20.3 Å². The fourth-order valence-corrected chi connectivity index (χ4v) is 6.44. The molecule has 2 saturated heterocycles. The van der Waals surface area contributed by atoms with Crippen LogP contribution in [0.15, 0.2) is 0 Å². The van der Waals surface area contributed by atoms with Crippen LogP contribution in [0.4, 0.5) is 0 Å². The molecule has 2 nitrogen and oxygen atoms in total. The molecular weight excluding hydrogens is 218 g/mol. The summed E-state index contributed by atoms with van der Waals surface area (Å²) in [4.78, 5) is 0. The lowest BCUT2D eigenvalue weighted by molar-refractivity contribution is -0.948. The highest BCUT2D eigenvalue weighted by atomic mass is 32.2. The van der Waals surface area contributed by atoms with Crippen molar-refractivity contribution in [1.29, 1.82) is 0 Å². The summed E-state index contributed by atoms with van der Waals surface area (Å²) < 4.78 is 13.2. The van der Waals surface area contributed by atoms with Crippen LogP contribution in [-0.4, -0.2) is 45.4 Å². The van der Waals surface area contributed by atoms with E-state index < -0.39 is 10.8 Å². The Morgan fingerprint density at radius 2 is 1.94 bits per heavy atom. The van der Waals surface area contributed by atoms with E-state index in [0.29, 0.717) is 10.8 Å². The van der Waals surface area contributed by atoms with Crippen molar-refractivity contribution in [3.63, 3.8) is 0 Å². The van der Waals surface area contributed by atoms with E-state index in [1.54, 1.807) is 0 Å². The molecule has 2 rings (SSSR count). The monoisotopic (exact) mass is 244 g/mol. The van der Waals surface area contributed by atoms with Crippen LogP contribution in [0.5, 0.6) is 0 Å². The first-order valence-corrected chi connectivity index (χ1v) is 8.19. The first kappa shape index (κ1) is 12.6. The van der Waals surface area contributed by atoms with Crippen LogP contribution in [-0.2, 0) is 10.8 Å². The summed E-state index contributed by atoms with van der Waals surface area (Å²) in [6.45, 7) is 7.12. The van der Waals surface area contributed by atoms with Gasteiger partial charge in [-0.25, -0.2) is 0 Å². The predicted molar refractivity (Wildman–Crippen MR) is 69.9 cm³/mol. The molecule has 0 saturated carbocycles. The molecular formula is C13H26NOS+. The van der Waals surface area contributed by atoms with Crippen molar-refractivity contribution < 1.29 is 8.69 Å². The van der Waals surface area contributed by atoms with Gasteiger partial charge in [0.1, 0.15) is 5.54 Å². The van der Waals surface area contributed by atoms with Crippen molar-refractivity contribution in [3.8, 4) is 0 Å². The number of hydrogen-bond acceptors (Lipinski definition) is 1. The van der Waals surface area contributed by atoms with Crippen LogP contribution < -0.4 is 0 Å². The first-order chi connectivity index (χ1) is 7.59. The topological polar surface area (TPSA) is 17.1 Å². The van der Waals surface area contributed by atoms with Gasteiger partial charge in [0, 0.05) is 30.1 Å². The van der Waals surface area contributed by atoms with E-state index in [4.69, 9.17) is 0 Å². The van der Waals surface area contributed by atoms with Crippen LogP contribution in [0, 0.1) is 0 Å². The largest absolute Gasteiger partial charge is 0.319 e. The molecule has 0 aromatic carbocycles. The van der Waals surface area contributed by atoms with Gasteiger partial charge >= 0.3 is 0 Å². The quantitative estimate of drug-likeness (QED) is 0.694. The third-order valence-electron chi connectivity index (χ3n) is 4.99. The standard InChI is InChI=1S/C13H26NOS/c1-4-8-13(11-16(15)12(13)5-2)14(3)9-6-7-10-14/h12H,4-11H2,1-3H3/q+1/t12-,13+,16-/m1/s1. The Hall–Kier alpha value is 0.110. The Balaban J connectivity index is 2.25. The Morgan fingerprint density at radius 3 is 2.38 bits per heavy atom. The molecule has 0 radical (unpaired) electrons. The van der Waals surface area contributed by atoms with Gasteiger partial charge in [-0.05, 0) is 6.42 Å². The van der Waals surface area contributed by atoms with E-state index in [-0.39, 0.29) is 0 Å². The highest BCUT2D eigenvalue weighted by Gasteiger charge is 2.63. The Kier molecular flexibility index (Phi) is 3.47. The van der Waals surface area contributed by atoms with E-state index in [0.717, 1.165) is 12.2 Å². The minimum absolute atomic E-state index is 0.366. The molecule has 0 bridgehead atoms. The van der Waals surface area contributed by atoms with Gasteiger partial charge < -0.3 is 4.48 Å². The molecule has 0 unspecified atom stereocenters. The van der Waals surface area contributed by atoms with Crippen molar-refractivity contribution in [2.75, 3.05) is 25.9 Å². The van der Waals surface area contributed by atoms with Crippen molar-refractivity contribution in [2.24, 2.45) is 0 Å². The van der Waals surface area contributed by atoms with E-state index in [9.17, 15) is 4.21 Å². The van der Waals surface area contributed by atoms with E-state index in [1.165, 1.54) is 43.3 Å². The van der Waals surface area contributed by atoms with Gasteiger partial charge in [0.05, 0.1) is 31.1 Å². The summed E-state index contributed by atoms with van der Waals surface area (Å²) in [6, 6.07) is 0. The summed E-state index contributed by atoms with van der Waals surface area (Å²) in [7, 11) is 1.88. The second-order valence-electron chi connectivity index (χ2n) is 5.83. The molecule has 0 spiro atoms. The maximum Gasteiger partial charge on any atom is 0.125 e. The van der Waals surface area contributed by atoms with Gasteiger partial charge in [0.15, 0.2) is 0 Å². The number of quaternary nitrogens is 1. The van der Waals surface area contributed by atoms with E-state index in [1.807, 2.05) is 0 Å². The van der Waals surface area contributed by atoms with Crippen molar-refractivity contribution in [3.05, 3.63) is 0 Å². The molecule has 2 fully saturated rings. The minimum atomic E-state index is -0.538. The van der Waals surface area contributed by atoms with Gasteiger partial charge in [0.25, 0.3) is 0 Å². The van der Waals surface area contributed by atoms with Crippen LogP contribution in [0.1, 0.15) is 46.0 Å². The summed E-state index contributed by atoms with van der Waals surface area (Å²) in [5, 5.41) is 0.468. The summed E-state index contributed by atoms with van der Waals surface area (Å²) in [6.07, 6.45) is 6.34. The smallest absolute Gasteiger partial charge is 0.125 e. The van der Waals surface area contributed by atoms with Crippen molar-refractivity contribution in [1.82, 2.24) is 0 Å². The predicted octanol–water partition coefficient (Wildman–Crippen LogP) is 2.31. The zero-order valence-electron chi connectivity index (χ0n) is 11.0. The molecule has 2 aliphatic rings. The molecule has 3 atom stereocenters. The number of hydrogen-bond donors (Lipinski definition) is 0. The molecule has 0 amide bonds. The van der Waals surface area contributed by atoms with E-state index in [2.05, 4.69) is 20.9 Å². The Morgan fingerprint density at radius 1 is 1.31 bits per heavy atom. The Labute approximate surface area is 102 Å². The fraction of sp³-hybridized carbons (Fsp3) is 1.00. The van der Waals surface area contributed by atoms with E-state index >= 15 is 0 Å². The van der Waals surface area contributed by atoms with Gasteiger partial charge in [-0.3, -0.25) is 4.21 Å². The third kappa shape index (κ3) is 1.59. The lowest BCUT2D eigenvalue weighted by atomic mass is 9.85. The second kappa shape index (κ2) is 4.41. The highest BCUT2D eigenvalue weighted by Crippen LogP contribution is 2.46. The third-order valence-corrected chi connectivity index (χ3v) is 7.18. The summed E-state index contributed by atoms with van der Waals surface area (Å²) in [5.74, 6) is 0.968. The van der Waals surface area contributed by atoms with Crippen LogP contribution in [0.3, 0.4) is 0 Å². The molecule has 0 N–H and O–H groups in total. The zero-order chi connectivity index (χ0) is 11.8. The van der Waals surface area contributed by atoms with Gasteiger partial charge in [0.2, 0.25) is 0 Å². The summed E-state index contributed by atoms with van der Waals surface area (Å²) in [5.41, 5.74) is 0.366. The van der Waals surface area contributed by atoms with Crippen LogP contribution in [0.2, 0.25) is 0 Å². The van der Waals surface area contributed by atoms with Crippen molar-refractivity contribution in [2.45, 2.75) is 56.7 Å². The van der Waals surface area contributed by atoms with Crippen LogP contribution in [0.25, 0.3) is 0 Å². The van der Waals surface area contributed by atoms with Crippen molar-refractivity contribution >= 4 is 10.8 Å². The lowest BCUT2D eigenvalue weighted by Crippen LogP contribution is -2.75. The number of nitrogens with zero attached hydrogens (tertiary/aromatic N) is 1. The molecule has 0 aromatic heterocycles. The molecule has 0 aliphatic carbocycles. The Bertz CT molecular complexity index is 286. The van der Waals surface area contributed by atoms with Crippen LogP contribution >= 0.6 is 0 Å².